The van der Waals surface area contributed by atoms with Crippen LogP contribution in [0.2, 0.25) is 0 Å². The van der Waals surface area contributed by atoms with Crippen LogP contribution < -0.4 is 5.32 Å². The molecule has 1 aliphatic carbocycles. The van der Waals surface area contributed by atoms with Gasteiger partial charge >= 0.3 is 5.97 Å². The van der Waals surface area contributed by atoms with E-state index in [2.05, 4.69) is 15.7 Å². The maximum absolute atomic E-state index is 12.3. The van der Waals surface area contributed by atoms with Crippen LogP contribution in [0.25, 0.3) is 0 Å². The number of aliphatic carboxylic acids is 1. The third-order valence-corrected chi connectivity index (χ3v) is 5.94. The first-order valence-corrected chi connectivity index (χ1v) is 10.0. The van der Waals surface area contributed by atoms with E-state index in [-0.39, 0.29) is 18.4 Å². The first-order chi connectivity index (χ1) is 12.0. The zero-order valence-corrected chi connectivity index (χ0v) is 15.5. The average Bonchev–Trinajstić information content (AvgIpc) is 3.35. The second kappa shape index (κ2) is 8.01. The van der Waals surface area contributed by atoms with E-state index in [1.807, 2.05) is 19.1 Å². The van der Waals surface area contributed by atoms with Gasteiger partial charge in [-0.15, -0.1) is 23.1 Å². The Morgan fingerprint density at radius 2 is 2.08 bits per heavy atom. The Kier molecular flexibility index (Phi) is 5.75. The van der Waals surface area contributed by atoms with Crippen LogP contribution in [0.5, 0.6) is 0 Å². The monoisotopic (exact) mass is 376 g/mol. The van der Waals surface area contributed by atoms with E-state index in [0.29, 0.717) is 11.5 Å². The summed E-state index contributed by atoms with van der Waals surface area (Å²) in [6.07, 6.45) is 1.96. The van der Waals surface area contributed by atoms with Crippen LogP contribution in [0.15, 0.2) is 34.5 Å². The van der Waals surface area contributed by atoms with Gasteiger partial charge in [0.15, 0.2) is 0 Å². The number of aryl methyl sites for hydroxylation is 1. The highest BCUT2D eigenvalue weighted by Crippen LogP contribution is 2.34. The second-order valence-corrected chi connectivity index (χ2v) is 8.30. The largest absolute Gasteiger partial charge is 0.481 e. The number of amides is 1. The number of carbonyl (C=O) groups is 2. The van der Waals surface area contributed by atoms with E-state index in [0.717, 1.165) is 34.2 Å². The molecule has 0 aliphatic heterocycles. The Balaban J connectivity index is 1.55. The van der Waals surface area contributed by atoms with Crippen LogP contribution in [0.3, 0.4) is 0 Å². The predicted octanol–water partition coefficient (Wildman–Crippen LogP) is 3.73. The van der Waals surface area contributed by atoms with Crippen molar-refractivity contribution in [1.29, 1.82) is 0 Å². The topological polar surface area (TPSA) is 79.3 Å². The van der Waals surface area contributed by atoms with Gasteiger partial charge in [-0.3, -0.25) is 9.59 Å². The van der Waals surface area contributed by atoms with E-state index >= 15 is 0 Å². The highest BCUT2D eigenvalue weighted by molar-refractivity contribution is 7.98. The minimum atomic E-state index is -0.874. The first-order valence-electron chi connectivity index (χ1n) is 8.18. The van der Waals surface area contributed by atoms with Crippen molar-refractivity contribution in [2.24, 2.45) is 5.92 Å². The number of hydrogen-bond acceptors (Lipinski definition) is 5. The molecule has 0 bridgehead atoms. The van der Waals surface area contributed by atoms with Gasteiger partial charge in [-0.25, -0.2) is 4.98 Å². The number of aromatic nitrogens is 1. The molecule has 1 atom stereocenters. The Labute approximate surface area is 154 Å². The van der Waals surface area contributed by atoms with E-state index < -0.39 is 5.97 Å². The summed E-state index contributed by atoms with van der Waals surface area (Å²) in [4.78, 5) is 28.8. The average molecular weight is 377 g/mol. The number of nitrogens with zero attached hydrogens (tertiary/aromatic N) is 1. The van der Waals surface area contributed by atoms with Gasteiger partial charge in [0.1, 0.15) is 0 Å². The fourth-order valence-electron chi connectivity index (χ4n) is 2.61. The number of carboxylic acid groups (broad SMARTS) is 1. The van der Waals surface area contributed by atoms with Crippen molar-refractivity contribution in [2.45, 2.75) is 42.9 Å². The molecule has 5 nitrogen and oxygen atoms in total. The van der Waals surface area contributed by atoms with E-state index in [1.165, 1.54) is 0 Å². The van der Waals surface area contributed by atoms with Gasteiger partial charge in [0.25, 0.3) is 5.91 Å². The molecule has 0 radical (unpaired) electrons. The SMILES string of the molecule is Cc1nc(CSc2ccc(C(=O)N[C@@H](CC(=O)O)C3CC3)cc2)cs1. The molecule has 1 amide bonds. The van der Waals surface area contributed by atoms with Crippen LogP contribution in [-0.4, -0.2) is 28.0 Å². The number of carboxylic acids is 1. The van der Waals surface area contributed by atoms with E-state index in [1.54, 1.807) is 35.2 Å². The molecule has 2 aromatic rings. The molecule has 132 valence electrons. The lowest BCUT2D eigenvalue weighted by Crippen LogP contribution is -2.38. The Hall–Kier alpha value is -1.86. The standard InChI is InChI=1S/C18H20N2O3S2/c1-11-19-14(9-24-11)10-25-15-6-4-13(5-7-15)18(23)20-16(8-17(21)22)12-2-3-12/h4-7,9,12,16H,2-3,8,10H2,1H3,(H,20,23)(H,21,22)/t16-/m0/s1. The van der Waals surface area contributed by atoms with Crippen LogP contribution in [0, 0.1) is 12.8 Å². The summed E-state index contributed by atoms with van der Waals surface area (Å²) in [5.74, 6) is 0.0284. The molecule has 7 heteroatoms. The maximum atomic E-state index is 12.3. The molecule has 2 N–H and O–H groups in total. The number of nitrogens with one attached hydrogen (secondary N) is 1. The highest BCUT2D eigenvalue weighted by Gasteiger charge is 2.33. The lowest BCUT2D eigenvalue weighted by atomic mass is 10.1. The molecule has 0 unspecified atom stereocenters. The summed E-state index contributed by atoms with van der Waals surface area (Å²) in [6.45, 7) is 1.99. The molecule has 1 fully saturated rings. The molecule has 0 spiro atoms. The number of rotatable bonds is 8. The third kappa shape index (κ3) is 5.31. The van der Waals surface area contributed by atoms with E-state index in [4.69, 9.17) is 5.11 Å². The smallest absolute Gasteiger partial charge is 0.305 e. The Bertz CT molecular complexity index is 754. The highest BCUT2D eigenvalue weighted by atomic mass is 32.2. The Morgan fingerprint density at radius 3 is 2.64 bits per heavy atom. The second-order valence-electron chi connectivity index (χ2n) is 6.19. The number of benzene rings is 1. The summed E-state index contributed by atoms with van der Waals surface area (Å²) in [5, 5.41) is 15.0. The molecule has 0 saturated heterocycles. The summed E-state index contributed by atoms with van der Waals surface area (Å²) in [6, 6.07) is 7.14. The number of hydrogen-bond donors (Lipinski definition) is 2. The summed E-state index contributed by atoms with van der Waals surface area (Å²) in [5.41, 5.74) is 1.63. The van der Waals surface area contributed by atoms with Crippen molar-refractivity contribution < 1.29 is 14.7 Å². The maximum Gasteiger partial charge on any atom is 0.305 e. The molecule has 25 heavy (non-hydrogen) atoms. The Morgan fingerprint density at radius 1 is 1.36 bits per heavy atom. The number of thioether (sulfide) groups is 1. The van der Waals surface area contributed by atoms with Gasteiger partial charge in [-0.1, -0.05) is 0 Å². The van der Waals surface area contributed by atoms with Crippen molar-refractivity contribution in [3.63, 3.8) is 0 Å². The van der Waals surface area contributed by atoms with Crippen molar-refractivity contribution in [1.82, 2.24) is 10.3 Å². The molecule has 1 saturated carbocycles. The van der Waals surface area contributed by atoms with Crippen molar-refractivity contribution in [2.75, 3.05) is 0 Å². The van der Waals surface area contributed by atoms with Gasteiger partial charge in [-0.05, 0) is 49.9 Å². The third-order valence-electron chi connectivity index (χ3n) is 4.07. The molecular formula is C18H20N2O3S2. The van der Waals surface area contributed by atoms with Gasteiger partial charge in [-0.2, -0.15) is 0 Å². The zero-order valence-electron chi connectivity index (χ0n) is 13.9. The quantitative estimate of drug-likeness (QED) is 0.686. The van der Waals surface area contributed by atoms with Gasteiger partial charge in [0.05, 0.1) is 17.1 Å². The van der Waals surface area contributed by atoms with Crippen LogP contribution in [0.1, 0.15) is 40.3 Å². The fraction of sp³-hybridized carbons (Fsp3) is 0.389. The van der Waals surface area contributed by atoms with Crippen molar-refractivity contribution >= 4 is 35.0 Å². The van der Waals surface area contributed by atoms with Gasteiger partial charge in [0, 0.05) is 27.6 Å². The minimum Gasteiger partial charge on any atom is -0.481 e. The molecule has 1 heterocycles. The van der Waals surface area contributed by atoms with Crippen LogP contribution >= 0.6 is 23.1 Å². The molecule has 3 rings (SSSR count). The number of carbonyl (C=O) groups excluding carboxylic acids is 1. The molecular weight excluding hydrogens is 356 g/mol. The van der Waals surface area contributed by atoms with Crippen molar-refractivity contribution in [3.8, 4) is 0 Å². The normalized spacial score (nSPS) is 14.9. The van der Waals surface area contributed by atoms with Crippen molar-refractivity contribution in [3.05, 3.63) is 45.9 Å². The fourth-order valence-corrected chi connectivity index (χ4v) is 4.12. The molecule has 1 aromatic heterocycles. The van der Waals surface area contributed by atoms with E-state index in [9.17, 15) is 9.59 Å². The predicted molar refractivity (Wildman–Crippen MR) is 99.1 cm³/mol. The minimum absolute atomic E-state index is 0.0165. The summed E-state index contributed by atoms with van der Waals surface area (Å²) < 4.78 is 0. The lowest BCUT2D eigenvalue weighted by Gasteiger charge is -2.16. The van der Waals surface area contributed by atoms with Gasteiger partial charge < -0.3 is 10.4 Å². The summed E-state index contributed by atoms with van der Waals surface area (Å²) in [7, 11) is 0. The first kappa shape index (κ1) is 17.9. The molecule has 1 aromatic carbocycles. The number of thiazole rings is 1. The molecule has 1 aliphatic rings. The van der Waals surface area contributed by atoms with Crippen LogP contribution in [0.4, 0.5) is 0 Å². The lowest BCUT2D eigenvalue weighted by molar-refractivity contribution is -0.137. The zero-order chi connectivity index (χ0) is 17.8. The van der Waals surface area contributed by atoms with Crippen LogP contribution in [-0.2, 0) is 10.5 Å². The van der Waals surface area contributed by atoms with Gasteiger partial charge in [0.2, 0.25) is 0 Å². The summed E-state index contributed by atoms with van der Waals surface area (Å²) >= 11 is 3.32.